The maximum atomic E-state index is 10.5. The number of aliphatic hydroxyl groups is 1. The van der Waals surface area contributed by atoms with Gasteiger partial charge in [0.1, 0.15) is 23.4 Å². The fourth-order valence-electron chi connectivity index (χ4n) is 2.32. The first kappa shape index (κ1) is 13.7. The Hall–Kier alpha value is -1.74. The predicted molar refractivity (Wildman–Crippen MR) is 74.6 cm³/mol. The summed E-state index contributed by atoms with van der Waals surface area (Å²) in [7, 11) is 0. The summed E-state index contributed by atoms with van der Waals surface area (Å²) in [4.78, 5) is 0. The number of aryl methyl sites for hydroxylation is 2. The van der Waals surface area contributed by atoms with Crippen molar-refractivity contribution in [1.82, 2.24) is 0 Å². The van der Waals surface area contributed by atoms with E-state index >= 15 is 0 Å². The maximum Gasteiger partial charge on any atom is 0.119 e. The molecule has 0 fully saturated rings. The molecular formula is C16H20O3. The van der Waals surface area contributed by atoms with Crippen LogP contribution in [0, 0.1) is 20.8 Å². The third-order valence-corrected chi connectivity index (χ3v) is 3.38. The highest BCUT2D eigenvalue weighted by molar-refractivity contribution is 5.41. The van der Waals surface area contributed by atoms with Crippen molar-refractivity contribution in [3.8, 4) is 5.75 Å². The van der Waals surface area contributed by atoms with E-state index < -0.39 is 6.10 Å². The van der Waals surface area contributed by atoms with Crippen LogP contribution in [0.5, 0.6) is 5.75 Å². The molecule has 3 nitrogen and oxygen atoms in total. The van der Waals surface area contributed by atoms with Gasteiger partial charge < -0.3 is 14.3 Å². The molecule has 1 atom stereocenters. The van der Waals surface area contributed by atoms with E-state index in [0.29, 0.717) is 6.61 Å². The lowest BCUT2D eigenvalue weighted by atomic mass is 9.98. The fraction of sp³-hybridized carbons (Fsp3) is 0.375. The summed E-state index contributed by atoms with van der Waals surface area (Å²) < 4.78 is 11.0. The van der Waals surface area contributed by atoms with Gasteiger partial charge in [-0.1, -0.05) is 12.1 Å². The van der Waals surface area contributed by atoms with Gasteiger partial charge in [-0.15, -0.1) is 0 Å². The van der Waals surface area contributed by atoms with Gasteiger partial charge in [0.15, 0.2) is 0 Å². The van der Waals surface area contributed by atoms with Crippen molar-refractivity contribution in [3.05, 3.63) is 52.5 Å². The second kappa shape index (κ2) is 5.49. The van der Waals surface area contributed by atoms with E-state index in [9.17, 15) is 5.11 Å². The van der Waals surface area contributed by atoms with Crippen LogP contribution in [0.4, 0.5) is 0 Å². The minimum absolute atomic E-state index is 0.614. The summed E-state index contributed by atoms with van der Waals surface area (Å²) in [5, 5.41) is 10.5. The molecule has 0 amide bonds. The Balaban J connectivity index is 2.38. The van der Waals surface area contributed by atoms with Crippen LogP contribution in [0.25, 0.3) is 0 Å². The minimum atomic E-state index is -0.683. The Morgan fingerprint density at radius 1 is 1.21 bits per heavy atom. The topological polar surface area (TPSA) is 42.6 Å². The van der Waals surface area contributed by atoms with Crippen molar-refractivity contribution < 1.29 is 14.3 Å². The summed E-state index contributed by atoms with van der Waals surface area (Å²) in [6, 6.07) is 7.55. The van der Waals surface area contributed by atoms with Crippen LogP contribution in [0.3, 0.4) is 0 Å². The Labute approximate surface area is 113 Å². The van der Waals surface area contributed by atoms with Crippen LogP contribution in [0.1, 0.15) is 41.2 Å². The number of aliphatic hydroxyl groups excluding tert-OH is 1. The highest BCUT2D eigenvalue weighted by Gasteiger charge is 2.20. The lowest BCUT2D eigenvalue weighted by molar-refractivity contribution is 0.216. The molecule has 1 N–H and O–H groups in total. The number of ether oxygens (including phenoxy) is 1. The smallest absolute Gasteiger partial charge is 0.119 e. The van der Waals surface area contributed by atoms with Gasteiger partial charge in [-0.25, -0.2) is 0 Å². The summed E-state index contributed by atoms with van der Waals surface area (Å²) in [6.45, 7) is 8.32. The van der Waals surface area contributed by atoms with Gasteiger partial charge in [0.2, 0.25) is 0 Å². The number of rotatable bonds is 4. The van der Waals surface area contributed by atoms with Crippen LogP contribution in [-0.4, -0.2) is 11.7 Å². The quantitative estimate of drug-likeness (QED) is 0.911. The monoisotopic (exact) mass is 260 g/mol. The first-order valence-electron chi connectivity index (χ1n) is 6.52. The minimum Gasteiger partial charge on any atom is -0.494 e. The molecule has 2 rings (SSSR count). The van der Waals surface area contributed by atoms with E-state index in [1.165, 1.54) is 0 Å². The Kier molecular flexibility index (Phi) is 3.96. The highest BCUT2D eigenvalue weighted by Crippen LogP contribution is 2.32. The van der Waals surface area contributed by atoms with Crippen molar-refractivity contribution >= 4 is 0 Å². The van der Waals surface area contributed by atoms with Gasteiger partial charge in [0, 0.05) is 5.56 Å². The third kappa shape index (κ3) is 2.66. The van der Waals surface area contributed by atoms with E-state index in [1.807, 2.05) is 52.0 Å². The Morgan fingerprint density at radius 2 is 1.95 bits per heavy atom. The lowest BCUT2D eigenvalue weighted by Gasteiger charge is -2.13. The SMILES string of the molecule is CCOc1cccc(C(O)c2c(C)oc(C)c2C)c1. The number of hydrogen-bond donors (Lipinski definition) is 1. The van der Waals surface area contributed by atoms with Crippen LogP contribution in [0.2, 0.25) is 0 Å². The zero-order valence-corrected chi connectivity index (χ0v) is 11.9. The molecule has 1 heterocycles. The molecule has 3 heteroatoms. The first-order valence-corrected chi connectivity index (χ1v) is 6.52. The highest BCUT2D eigenvalue weighted by atomic mass is 16.5. The summed E-state index contributed by atoms with van der Waals surface area (Å²) >= 11 is 0. The van der Waals surface area contributed by atoms with Crippen LogP contribution in [0.15, 0.2) is 28.7 Å². The van der Waals surface area contributed by atoms with Crippen molar-refractivity contribution in [3.63, 3.8) is 0 Å². The summed E-state index contributed by atoms with van der Waals surface area (Å²) in [5.41, 5.74) is 2.68. The van der Waals surface area contributed by atoms with Gasteiger partial charge in [-0.3, -0.25) is 0 Å². The van der Waals surface area contributed by atoms with E-state index in [0.717, 1.165) is 34.0 Å². The van der Waals surface area contributed by atoms with Crippen molar-refractivity contribution in [2.45, 2.75) is 33.8 Å². The number of hydrogen-bond acceptors (Lipinski definition) is 3. The van der Waals surface area contributed by atoms with Gasteiger partial charge in [0.25, 0.3) is 0 Å². The maximum absolute atomic E-state index is 10.5. The first-order chi connectivity index (χ1) is 9.04. The molecule has 0 bridgehead atoms. The van der Waals surface area contributed by atoms with Crippen molar-refractivity contribution in [1.29, 1.82) is 0 Å². The van der Waals surface area contributed by atoms with E-state index in [-0.39, 0.29) is 0 Å². The van der Waals surface area contributed by atoms with Crippen LogP contribution in [-0.2, 0) is 0 Å². The number of benzene rings is 1. The largest absolute Gasteiger partial charge is 0.494 e. The Bertz CT molecular complexity index is 569. The van der Waals surface area contributed by atoms with Gasteiger partial charge in [0.05, 0.1) is 6.61 Å². The van der Waals surface area contributed by atoms with Crippen molar-refractivity contribution in [2.75, 3.05) is 6.61 Å². The molecule has 102 valence electrons. The molecule has 0 aliphatic heterocycles. The summed E-state index contributed by atoms with van der Waals surface area (Å²) in [6.07, 6.45) is -0.683. The number of furan rings is 1. The third-order valence-electron chi connectivity index (χ3n) is 3.38. The lowest BCUT2D eigenvalue weighted by Crippen LogP contribution is -2.02. The van der Waals surface area contributed by atoms with E-state index in [2.05, 4.69) is 0 Å². The summed E-state index contributed by atoms with van der Waals surface area (Å²) in [5.74, 6) is 2.39. The van der Waals surface area contributed by atoms with Gasteiger partial charge in [-0.05, 0) is 51.0 Å². The molecule has 1 aromatic carbocycles. The predicted octanol–water partition coefficient (Wildman–Crippen LogP) is 3.69. The zero-order valence-electron chi connectivity index (χ0n) is 11.9. The molecule has 1 unspecified atom stereocenters. The standard InChI is InChI=1S/C16H20O3/c1-5-18-14-8-6-7-13(9-14)16(17)15-10(2)11(3)19-12(15)4/h6-9,16-17H,5H2,1-4H3. The molecular weight excluding hydrogens is 240 g/mol. The zero-order chi connectivity index (χ0) is 14.0. The molecule has 0 aliphatic carbocycles. The molecule has 0 saturated carbocycles. The molecule has 0 saturated heterocycles. The second-order valence-corrected chi connectivity index (χ2v) is 4.66. The van der Waals surface area contributed by atoms with Gasteiger partial charge in [-0.2, -0.15) is 0 Å². The molecule has 19 heavy (non-hydrogen) atoms. The molecule has 1 aromatic heterocycles. The van der Waals surface area contributed by atoms with E-state index in [4.69, 9.17) is 9.15 Å². The normalized spacial score (nSPS) is 12.5. The average Bonchev–Trinajstić information content (AvgIpc) is 2.63. The molecule has 0 aliphatic rings. The molecule has 2 aromatic rings. The van der Waals surface area contributed by atoms with E-state index in [1.54, 1.807) is 0 Å². The molecule has 0 radical (unpaired) electrons. The van der Waals surface area contributed by atoms with Crippen LogP contribution < -0.4 is 4.74 Å². The fourth-order valence-corrected chi connectivity index (χ4v) is 2.32. The van der Waals surface area contributed by atoms with Gasteiger partial charge >= 0.3 is 0 Å². The molecule has 0 spiro atoms. The second-order valence-electron chi connectivity index (χ2n) is 4.66. The Morgan fingerprint density at radius 3 is 2.53 bits per heavy atom. The average molecular weight is 260 g/mol. The van der Waals surface area contributed by atoms with Crippen molar-refractivity contribution in [2.24, 2.45) is 0 Å². The van der Waals surface area contributed by atoms with Crippen LogP contribution >= 0.6 is 0 Å².